The Balaban J connectivity index is 1.66. The van der Waals surface area contributed by atoms with Crippen molar-refractivity contribution >= 4 is 33.7 Å². The van der Waals surface area contributed by atoms with Crippen LogP contribution in [0.25, 0.3) is 11.5 Å². The third kappa shape index (κ3) is 5.03. The number of carbonyl (C=O) groups excluding carboxylic acids is 1. The molecule has 2 aromatic carbocycles. The van der Waals surface area contributed by atoms with Gasteiger partial charge in [-0.25, -0.2) is 12.7 Å². The second kappa shape index (κ2) is 8.76. The van der Waals surface area contributed by atoms with E-state index in [1.165, 1.54) is 26.2 Å². The monoisotopic (exact) mass is 432 g/mol. The third-order valence-electron chi connectivity index (χ3n) is 4.07. The predicted octanol–water partition coefficient (Wildman–Crippen LogP) is 2.89. The maximum Gasteiger partial charge on any atom is 0.322 e. The molecule has 0 atom stereocenters. The van der Waals surface area contributed by atoms with Crippen LogP contribution in [0.15, 0.2) is 62.7 Å². The van der Waals surface area contributed by atoms with Crippen molar-refractivity contribution in [2.75, 3.05) is 25.7 Å². The van der Waals surface area contributed by atoms with Gasteiger partial charge in [0.05, 0.1) is 11.3 Å². The van der Waals surface area contributed by atoms with Crippen LogP contribution < -0.4 is 5.32 Å². The lowest BCUT2D eigenvalue weighted by Crippen LogP contribution is -2.22. The third-order valence-corrected chi connectivity index (χ3v) is 6.65. The Kier molecular flexibility index (Phi) is 6.36. The molecule has 0 radical (unpaired) electrons. The first-order chi connectivity index (χ1) is 13.8. The summed E-state index contributed by atoms with van der Waals surface area (Å²) in [7, 11) is -0.581. The maximum absolute atomic E-state index is 12.2. The summed E-state index contributed by atoms with van der Waals surface area (Å²) < 4.78 is 30.8. The van der Waals surface area contributed by atoms with Crippen molar-refractivity contribution in [2.24, 2.45) is 0 Å². The van der Waals surface area contributed by atoms with Crippen molar-refractivity contribution in [3.05, 3.63) is 54.1 Å². The molecule has 3 rings (SSSR count). The van der Waals surface area contributed by atoms with E-state index in [1.807, 2.05) is 30.5 Å². The predicted molar refractivity (Wildman–Crippen MR) is 111 cm³/mol. The number of benzene rings is 2. The molecule has 1 N–H and O–H groups in total. The van der Waals surface area contributed by atoms with Crippen LogP contribution in [0, 0.1) is 0 Å². The molecule has 3 aromatic rings. The molecule has 8 nitrogen and oxygen atoms in total. The highest BCUT2D eigenvalue weighted by Gasteiger charge is 2.18. The normalized spacial score (nSPS) is 11.6. The van der Waals surface area contributed by atoms with Crippen molar-refractivity contribution in [2.45, 2.75) is 16.2 Å². The van der Waals surface area contributed by atoms with Gasteiger partial charge < -0.3 is 4.42 Å². The lowest BCUT2D eigenvalue weighted by molar-refractivity contribution is -0.115. The summed E-state index contributed by atoms with van der Waals surface area (Å²) in [6.45, 7) is 0. The standard InChI is InChI=1S/C19H20N4O4S2/c1-23(2)29(25,26)16-10-6-14(7-11-16)18-21-22-19(27-18)20-17(24)12-13-4-8-15(28-3)9-5-13/h4-11H,12H2,1-3H3,(H,20,22,24). The van der Waals surface area contributed by atoms with E-state index in [0.29, 0.717) is 5.56 Å². The summed E-state index contributed by atoms with van der Waals surface area (Å²) in [5, 5.41) is 10.3. The van der Waals surface area contributed by atoms with Crippen molar-refractivity contribution < 1.29 is 17.6 Å². The molecule has 0 saturated heterocycles. The van der Waals surface area contributed by atoms with Gasteiger partial charge in [0, 0.05) is 24.6 Å². The molecule has 1 amide bonds. The summed E-state index contributed by atoms with van der Waals surface area (Å²) in [4.78, 5) is 13.5. The molecule has 10 heteroatoms. The van der Waals surface area contributed by atoms with Gasteiger partial charge in [0.15, 0.2) is 0 Å². The number of hydrogen-bond donors (Lipinski definition) is 1. The zero-order valence-electron chi connectivity index (χ0n) is 16.1. The largest absolute Gasteiger partial charge is 0.403 e. The molecule has 0 bridgehead atoms. The SMILES string of the molecule is CSc1ccc(CC(=O)Nc2nnc(-c3ccc(S(=O)(=O)N(C)C)cc3)o2)cc1. The van der Waals surface area contributed by atoms with Crippen LogP contribution >= 0.6 is 11.8 Å². The van der Waals surface area contributed by atoms with Gasteiger partial charge in [-0.1, -0.05) is 17.2 Å². The van der Waals surface area contributed by atoms with E-state index in [0.717, 1.165) is 14.8 Å². The first-order valence-electron chi connectivity index (χ1n) is 8.59. The van der Waals surface area contributed by atoms with E-state index in [2.05, 4.69) is 15.5 Å². The average Bonchev–Trinajstić information content (AvgIpc) is 3.16. The van der Waals surface area contributed by atoms with Gasteiger partial charge in [-0.05, 0) is 48.2 Å². The molecule has 152 valence electrons. The van der Waals surface area contributed by atoms with E-state index in [4.69, 9.17) is 4.42 Å². The van der Waals surface area contributed by atoms with E-state index >= 15 is 0 Å². The van der Waals surface area contributed by atoms with E-state index in [1.54, 1.807) is 23.9 Å². The smallest absolute Gasteiger partial charge is 0.322 e. The average molecular weight is 433 g/mol. The molecule has 1 heterocycles. The summed E-state index contributed by atoms with van der Waals surface area (Å²) in [6, 6.07) is 13.8. The summed E-state index contributed by atoms with van der Waals surface area (Å²) in [5.41, 5.74) is 1.42. The molecule has 0 aliphatic carbocycles. The first kappa shape index (κ1) is 21.0. The van der Waals surface area contributed by atoms with Crippen LogP contribution in [0.4, 0.5) is 6.01 Å². The minimum atomic E-state index is -3.51. The van der Waals surface area contributed by atoms with Crippen LogP contribution in [0.2, 0.25) is 0 Å². The van der Waals surface area contributed by atoms with E-state index in [-0.39, 0.29) is 29.1 Å². The van der Waals surface area contributed by atoms with Crippen LogP contribution in [0.1, 0.15) is 5.56 Å². The molecule has 0 aliphatic heterocycles. The number of rotatable bonds is 7. The van der Waals surface area contributed by atoms with Gasteiger partial charge in [-0.2, -0.15) is 0 Å². The second-order valence-corrected chi connectivity index (χ2v) is 9.33. The number of carbonyl (C=O) groups is 1. The Morgan fingerprint density at radius 2 is 1.72 bits per heavy atom. The molecule has 0 saturated carbocycles. The van der Waals surface area contributed by atoms with Crippen molar-refractivity contribution in [3.63, 3.8) is 0 Å². The molecular formula is C19H20N4O4S2. The Bertz CT molecular complexity index is 1090. The zero-order valence-corrected chi connectivity index (χ0v) is 17.8. The summed E-state index contributed by atoms with van der Waals surface area (Å²) >= 11 is 1.63. The number of hydrogen-bond acceptors (Lipinski definition) is 7. The fraction of sp³-hybridized carbons (Fsp3) is 0.211. The van der Waals surface area contributed by atoms with Crippen LogP contribution in [0.3, 0.4) is 0 Å². The highest BCUT2D eigenvalue weighted by Crippen LogP contribution is 2.23. The number of thioether (sulfide) groups is 1. The van der Waals surface area contributed by atoms with Crippen LogP contribution in [-0.2, 0) is 21.2 Å². The number of aromatic nitrogens is 2. The Labute approximate surface area is 173 Å². The molecule has 0 spiro atoms. The summed E-state index contributed by atoms with van der Waals surface area (Å²) in [6.07, 6.45) is 2.17. The van der Waals surface area contributed by atoms with Gasteiger partial charge in [0.25, 0.3) is 0 Å². The number of nitrogens with zero attached hydrogens (tertiary/aromatic N) is 3. The minimum absolute atomic E-state index is 0.0178. The lowest BCUT2D eigenvalue weighted by Gasteiger charge is -2.11. The fourth-order valence-electron chi connectivity index (χ4n) is 2.46. The Morgan fingerprint density at radius 1 is 1.07 bits per heavy atom. The topological polar surface area (TPSA) is 105 Å². The fourth-order valence-corrected chi connectivity index (χ4v) is 3.77. The van der Waals surface area contributed by atoms with Gasteiger partial charge in [0.2, 0.25) is 21.8 Å². The number of anilines is 1. The number of amides is 1. The Hall–Kier alpha value is -2.69. The minimum Gasteiger partial charge on any atom is -0.403 e. The van der Waals surface area contributed by atoms with E-state index in [9.17, 15) is 13.2 Å². The van der Waals surface area contributed by atoms with Gasteiger partial charge in [-0.3, -0.25) is 10.1 Å². The number of sulfonamides is 1. The molecule has 1 aromatic heterocycles. The van der Waals surface area contributed by atoms with Crippen molar-refractivity contribution in [1.29, 1.82) is 0 Å². The second-order valence-electron chi connectivity index (χ2n) is 6.30. The Morgan fingerprint density at radius 3 is 2.31 bits per heavy atom. The van der Waals surface area contributed by atoms with Gasteiger partial charge in [-0.15, -0.1) is 16.9 Å². The van der Waals surface area contributed by atoms with Crippen LogP contribution in [-0.4, -0.2) is 49.2 Å². The molecular weight excluding hydrogens is 412 g/mol. The molecule has 0 aliphatic rings. The maximum atomic E-state index is 12.2. The molecule has 0 unspecified atom stereocenters. The van der Waals surface area contributed by atoms with Gasteiger partial charge in [0.1, 0.15) is 0 Å². The van der Waals surface area contributed by atoms with Crippen molar-refractivity contribution in [3.8, 4) is 11.5 Å². The zero-order chi connectivity index (χ0) is 21.0. The first-order valence-corrected chi connectivity index (χ1v) is 11.3. The van der Waals surface area contributed by atoms with Crippen molar-refractivity contribution in [1.82, 2.24) is 14.5 Å². The summed E-state index contributed by atoms with van der Waals surface area (Å²) in [5.74, 6) is -0.0945. The molecule has 0 fully saturated rings. The highest BCUT2D eigenvalue weighted by molar-refractivity contribution is 7.98. The van der Waals surface area contributed by atoms with E-state index < -0.39 is 10.0 Å². The highest BCUT2D eigenvalue weighted by atomic mass is 32.2. The molecule has 29 heavy (non-hydrogen) atoms. The van der Waals surface area contributed by atoms with Gasteiger partial charge >= 0.3 is 6.01 Å². The number of nitrogens with one attached hydrogen (secondary N) is 1. The lowest BCUT2D eigenvalue weighted by atomic mass is 10.1. The van der Waals surface area contributed by atoms with Crippen LogP contribution in [0.5, 0.6) is 0 Å². The quantitative estimate of drug-likeness (QED) is 0.572.